The van der Waals surface area contributed by atoms with Crippen LogP contribution in [0.5, 0.6) is 0 Å². The van der Waals surface area contributed by atoms with E-state index in [2.05, 4.69) is 170 Å². The molecule has 0 N–H and O–H groups in total. The molecular weight excluding hydrogens is 589 g/mol. The molecule has 9 aromatic rings. The van der Waals surface area contributed by atoms with Crippen molar-refractivity contribution in [3.63, 3.8) is 0 Å². The van der Waals surface area contributed by atoms with Crippen LogP contribution in [0.2, 0.25) is 0 Å². The second-order valence-electron chi connectivity index (χ2n) is 12.3. The van der Waals surface area contributed by atoms with Crippen LogP contribution in [0.15, 0.2) is 158 Å². The van der Waals surface area contributed by atoms with Crippen LogP contribution in [0.1, 0.15) is 0 Å². The molecule has 10 rings (SSSR count). The maximum absolute atomic E-state index is 4.80. The van der Waals surface area contributed by atoms with E-state index in [0.29, 0.717) is 0 Å². The number of hydrogen-bond acceptors (Lipinski definition) is 4. The Kier molecular flexibility index (Phi) is 5.90. The van der Waals surface area contributed by atoms with E-state index in [1.54, 1.807) is 6.33 Å². The molecule has 6 heteroatoms. The summed E-state index contributed by atoms with van der Waals surface area (Å²) < 4.78 is 4.71. The minimum atomic E-state index is 0.799. The van der Waals surface area contributed by atoms with Crippen molar-refractivity contribution >= 4 is 66.5 Å². The van der Waals surface area contributed by atoms with Gasteiger partial charge in [0.2, 0.25) is 0 Å². The molecule has 0 saturated heterocycles. The van der Waals surface area contributed by atoms with Crippen LogP contribution < -0.4 is 9.80 Å². The summed E-state index contributed by atoms with van der Waals surface area (Å²) in [6.07, 6.45) is 3.58. The molecular formula is C42H30N6. The Morgan fingerprint density at radius 1 is 0.396 bits per heavy atom. The van der Waals surface area contributed by atoms with Crippen LogP contribution in [-0.2, 0) is 0 Å². The minimum Gasteiger partial charge on any atom is -0.335 e. The van der Waals surface area contributed by atoms with Crippen molar-refractivity contribution in [2.45, 2.75) is 0 Å². The molecule has 0 radical (unpaired) electrons. The largest absolute Gasteiger partial charge is 0.335 e. The number of benzene rings is 6. The monoisotopic (exact) mass is 618 g/mol. The standard InChI is InChI=1S/C42H30N6/c1-5-13-37-33(9-1)34-10-2-6-14-38(34)47(37)31-21-17-29(18-22-31)45-25-26-46(42-41(45)27-43-28-44-42)30-19-23-32(24-20-30)48-39-15-7-3-11-35(39)36-12-4-8-16-40(36)48/h1-24,27-28H,25-26H2. The Hall–Kier alpha value is -6.40. The molecule has 0 amide bonds. The molecule has 0 bridgehead atoms. The summed E-state index contributed by atoms with van der Waals surface area (Å²) in [4.78, 5) is 13.9. The molecule has 1 aliphatic rings. The van der Waals surface area contributed by atoms with Crippen molar-refractivity contribution in [1.29, 1.82) is 0 Å². The van der Waals surface area contributed by atoms with E-state index in [1.807, 2.05) is 6.20 Å². The Balaban J connectivity index is 0.987. The SMILES string of the molecule is c1ccc2c(c1)c1ccccc1n2-c1ccc(N2CCN(c3ccc(-n4c5ccccc5c5ccccc54)cc3)c3ncncc32)cc1. The van der Waals surface area contributed by atoms with Crippen LogP contribution in [0.25, 0.3) is 55.0 Å². The molecule has 228 valence electrons. The molecule has 6 nitrogen and oxygen atoms in total. The van der Waals surface area contributed by atoms with Crippen LogP contribution in [0, 0.1) is 0 Å². The van der Waals surface area contributed by atoms with Crippen molar-refractivity contribution in [3.05, 3.63) is 158 Å². The molecule has 0 fully saturated rings. The summed E-state index contributed by atoms with van der Waals surface area (Å²) in [5.74, 6) is 0.910. The number of anilines is 4. The zero-order chi connectivity index (χ0) is 31.6. The highest BCUT2D eigenvalue weighted by molar-refractivity contribution is 6.10. The zero-order valence-electron chi connectivity index (χ0n) is 26.1. The van der Waals surface area contributed by atoms with Gasteiger partial charge in [0.15, 0.2) is 5.82 Å². The fraction of sp³-hybridized carbons (Fsp3) is 0.0476. The lowest BCUT2D eigenvalue weighted by Gasteiger charge is -2.37. The maximum Gasteiger partial charge on any atom is 0.160 e. The molecule has 3 aromatic heterocycles. The van der Waals surface area contributed by atoms with Gasteiger partial charge < -0.3 is 18.9 Å². The first-order valence-corrected chi connectivity index (χ1v) is 16.4. The van der Waals surface area contributed by atoms with Crippen LogP contribution in [-0.4, -0.2) is 32.2 Å². The summed E-state index contributed by atoms with van der Waals surface area (Å²) in [7, 11) is 0. The Labute approximate surface area is 277 Å². The second-order valence-corrected chi connectivity index (χ2v) is 12.3. The van der Waals surface area contributed by atoms with Crippen molar-refractivity contribution < 1.29 is 0 Å². The topological polar surface area (TPSA) is 42.1 Å². The van der Waals surface area contributed by atoms with Crippen LogP contribution >= 0.6 is 0 Å². The fourth-order valence-electron chi connectivity index (χ4n) is 7.62. The van der Waals surface area contributed by atoms with Crippen LogP contribution in [0.4, 0.5) is 22.9 Å². The van der Waals surface area contributed by atoms with E-state index in [-0.39, 0.29) is 0 Å². The number of nitrogens with zero attached hydrogens (tertiary/aromatic N) is 6. The molecule has 0 saturated carbocycles. The van der Waals surface area contributed by atoms with E-state index in [0.717, 1.165) is 47.3 Å². The van der Waals surface area contributed by atoms with Gasteiger partial charge in [-0.25, -0.2) is 9.97 Å². The van der Waals surface area contributed by atoms with Gasteiger partial charge in [0, 0.05) is 57.4 Å². The van der Waals surface area contributed by atoms with E-state index >= 15 is 0 Å². The zero-order valence-corrected chi connectivity index (χ0v) is 26.1. The lowest BCUT2D eigenvalue weighted by Crippen LogP contribution is -2.37. The molecule has 0 aliphatic carbocycles. The van der Waals surface area contributed by atoms with Gasteiger partial charge in [-0.15, -0.1) is 0 Å². The Bertz CT molecular complexity index is 2340. The normalized spacial score (nSPS) is 13.2. The first kappa shape index (κ1) is 26.8. The van der Waals surface area contributed by atoms with Crippen molar-refractivity contribution in [3.8, 4) is 11.4 Å². The van der Waals surface area contributed by atoms with E-state index < -0.39 is 0 Å². The Morgan fingerprint density at radius 2 is 0.771 bits per heavy atom. The molecule has 0 unspecified atom stereocenters. The van der Waals surface area contributed by atoms with Gasteiger partial charge in [-0.05, 0) is 72.8 Å². The second kappa shape index (κ2) is 10.6. The third-order valence-electron chi connectivity index (χ3n) is 9.77. The summed E-state index contributed by atoms with van der Waals surface area (Å²) in [5.41, 5.74) is 10.4. The predicted octanol–water partition coefficient (Wildman–Crippen LogP) is 9.96. The molecule has 1 aliphatic heterocycles. The predicted molar refractivity (Wildman–Crippen MR) is 198 cm³/mol. The smallest absolute Gasteiger partial charge is 0.160 e. The van der Waals surface area contributed by atoms with Crippen molar-refractivity contribution in [2.24, 2.45) is 0 Å². The maximum atomic E-state index is 4.80. The molecule has 0 spiro atoms. The fourth-order valence-corrected chi connectivity index (χ4v) is 7.62. The van der Waals surface area contributed by atoms with Gasteiger partial charge in [0.25, 0.3) is 0 Å². The molecule has 6 aromatic carbocycles. The van der Waals surface area contributed by atoms with Gasteiger partial charge >= 0.3 is 0 Å². The highest BCUT2D eigenvalue weighted by Gasteiger charge is 2.26. The number of para-hydroxylation sites is 4. The Morgan fingerprint density at radius 3 is 1.23 bits per heavy atom. The number of rotatable bonds is 4. The minimum absolute atomic E-state index is 0.799. The lowest BCUT2D eigenvalue weighted by molar-refractivity contribution is 0.825. The average Bonchev–Trinajstić information content (AvgIpc) is 3.68. The number of aromatic nitrogens is 4. The summed E-state index contributed by atoms with van der Waals surface area (Å²) >= 11 is 0. The van der Waals surface area contributed by atoms with Gasteiger partial charge in [-0.2, -0.15) is 0 Å². The van der Waals surface area contributed by atoms with Gasteiger partial charge in [-0.1, -0.05) is 72.8 Å². The van der Waals surface area contributed by atoms with E-state index in [1.165, 1.54) is 43.6 Å². The highest BCUT2D eigenvalue weighted by Crippen LogP contribution is 2.40. The number of fused-ring (bicyclic) bond motifs is 7. The van der Waals surface area contributed by atoms with Gasteiger partial charge in [-0.3, -0.25) is 0 Å². The van der Waals surface area contributed by atoms with E-state index in [4.69, 9.17) is 4.98 Å². The highest BCUT2D eigenvalue weighted by atomic mass is 15.3. The molecule has 48 heavy (non-hydrogen) atoms. The quantitative estimate of drug-likeness (QED) is 0.197. The third kappa shape index (κ3) is 3.99. The number of hydrogen-bond donors (Lipinski definition) is 0. The van der Waals surface area contributed by atoms with Gasteiger partial charge in [0.05, 0.1) is 28.3 Å². The average molecular weight is 619 g/mol. The van der Waals surface area contributed by atoms with Crippen molar-refractivity contribution in [1.82, 2.24) is 19.1 Å². The molecule has 4 heterocycles. The first-order valence-electron chi connectivity index (χ1n) is 16.4. The van der Waals surface area contributed by atoms with E-state index in [9.17, 15) is 0 Å². The summed E-state index contributed by atoms with van der Waals surface area (Å²) in [6, 6.07) is 52.2. The van der Waals surface area contributed by atoms with Crippen LogP contribution in [0.3, 0.4) is 0 Å². The summed E-state index contributed by atoms with van der Waals surface area (Å²) in [6.45, 7) is 1.61. The lowest BCUT2D eigenvalue weighted by atomic mass is 10.1. The third-order valence-corrected chi connectivity index (χ3v) is 9.77. The summed E-state index contributed by atoms with van der Waals surface area (Å²) in [5, 5.41) is 5.06. The first-order chi connectivity index (χ1) is 23.8. The molecule has 0 atom stereocenters. The van der Waals surface area contributed by atoms with Gasteiger partial charge in [0.1, 0.15) is 12.0 Å². The van der Waals surface area contributed by atoms with Crippen molar-refractivity contribution in [2.75, 3.05) is 22.9 Å².